The standard InChI is InChI=1S/C28H30N4O2S/c1-28(27(34)29-20-10-3-2-4-11-20)19-31-23-14-6-5-13-22(23)24(30-15-7-8-16-30)25(31)26(33)32(28)18-21-12-9-17-35-21/h5-9,12-17,20H,2-4,10-11,18-19H2,1H3,(H,29,34)/t28-/m0/s1. The first-order valence-corrected chi connectivity index (χ1v) is 13.3. The number of benzene rings is 1. The zero-order valence-corrected chi connectivity index (χ0v) is 20.8. The Bertz CT molecular complexity index is 1370. The zero-order chi connectivity index (χ0) is 24.0. The second-order valence-electron chi connectivity index (χ2n) is 9.94. The van der Waals surface area contributed by atoms with E-state index in [-0.39, 0.29) is 17.9 Å². The normalized spacial score (nSPS) is 20.8. The second-order valence-corrected chi connectivity index (χ2v) is 11.0. The lowest BCUT2D eigenvalue weighted by atomic mass is 9.91. The molecule has 1 atom stereocenters. The molecule has 6 rings (SSSR count). The number of fused-ring (bicyclic) bond motifs is 3. The molecule has 1 aliphatic heterocycles. The molecule has 1 fully saturated rings. The number of hydrogen-bond acceptors (Lipinski definition) is 3. The summed E-state index contributed by atoms with van der Waals surface area (Å²) < 4.78 is 4.08. The molecular formula is C28H30N4O2S. The first kappa shape index (κ1) is 22.2. The Kier molecular flexibility index (Phi) is 5.52. The predicted molar refractivity (Wildman–Crippen MR) is 139 cm³/mol. The quantitative estimate of drug-likeness (QED) is 0.413. The van der Waals surface area contributed by atoms with Gasteiger partial charge in [0.2, 0.25) is 5.91 Å². The molecule has 35 heavy (non-hydrogen) atoms. The molecule has 2 aliphatic rings. The van der Waals surface area contributed by atoms with Gasteiger partial charge in [0, 0.05) is 28.7 Å². The molecule has 4 aromatic rings. The van der Waals surface area contributed by atoms with E-state index in [1.165, 1.54) is 6.42 Å². The Morgan fingerprint density at radius 2 is 1.83 bits per heavy atom. The molecule has 6 nitrogen and oxygen atoms in total. The first-order chi connectivity index (χ1) is 17.1. The van der Waals surface area contributed by atoms with Gasteiger partial charge in [-0.15, -0.1) is 11.3 Å². The zero-order valence-electron chi connectivity index (χ0n) is 19.9. The van der Waals surface area contributed by atoms with E-state index in [2.05, 4.69) is 16.0 Å². The number of rotatable bonds is 5. The number of hydrogen-bond donors (Lipinski definition) is 1. The van der Waals surface area contributed by atoms with Crippen LogP contribution in [0.15, 0.2) is 66.3 Å². The summed E-state index contributed by atoms with van der Waals surface area (Å²) in [5.41, 5.74) is 1.50. The van der Waals surface area contributed by atoms with Crippen LogP contribution in [0.1, 0.15) is 54.4 Å². The van der Waals surface area contributed by atoms with Crippen molar-refractivity contribution < 1.29 is 9.59 Å². The number of carbonyl (C=O) groups is 2. The van der Waals surface area contributed by atoms with E-state index in [4.69, 9.17) is 0 Å². The molecule has 0 saturated heterocycles. The van der Waals surface area contributed by atoms with Crippen LogP contribution in [-0.2, 0) is 17.9 Å². The molecule has 0 unspecified atom stereocenters. The monoisotopic (exact) mass is 486 g/mol. The van der Waals surface area contributed by atoms with Gasteiger partial charge < -0.3 is 19.4 Å². The van der Waals surface area contributed by atoms with Crippen LogP contribution in [0.5, 0.6) is 0 Å². The topological polar surface area (TPSA) is 59.3 Å². The number of para-hydroxylation sites is 1. The fourth-order valence-electron chi connectivity index (χ4n) is 5.74. The largest absolute Gasteiger partial charge is 0.351 e. The molecule has 1 aliphatic carbocycles. The van der Waals surface area contributed by atoms with Gasteiger partial charge in [-0.05, 0) is 49.4 Å². The molecular weight excluding hydrogens is 456 g/mol. The molecule has 0 spiro atoms. The highest BCUT2D eigenvalue weighted by atomic mass is 32.1. The van der Waals surface area contributed by atoms with Gasteiger partial charge >= 0.3 is 0 Å². The van der Waals surface area contributed by atoms with Crippen LogP contribution >= 0.6 is 11.3 Å². The molecule has 0 bridgehead atoms. The lowest BCUT2D eigenvalue weighted by molar-refractivity contribution is -0.134. The van der Waals surface area contributed by atoms with Gasteiger partial charge in [-0.1, -0.05) is 43.5 Å². The van der Waals surface area contributed by atoms with Gasteiger partial charge in [-0.3, -0.25) is 9.59 Å². The average Bonchev–Trinajstić information content (AvgIpc) is 3.63. The van der Waals surface area contributed by atoms with E-state index >= 15 is 0 Å². The van der Waals surface area contributed by atoms with Crippen LogP contribution < -0.4 is 5.32 Å². The van der Waals surface area contributed by atoms with E-state index in [1.807, 2.05) is 71.7 Å². The third kappa shape index (κ3) is 3.69. The number of nitrogens with one attached hydrogen (secondary N) is 1. The fraction of sp³-hybridized carbons (Fsp3) is 0.357. The van der Waals surface area contributed by atoms with Gasteiger partial charge in [-0.25, -0.2) is 0 Å². The first-order valence-electron chi connectivity index (χ1n) is 12.5. The molecule has 1 saturated carbocycles. The Morgan fingerprint density at radius 3 is 2.57 bits per heavy atom. The number of nitrogens with zero attached hydrogens (tertiary/aromatic N) is 3. The minimum atomic E-state index is -0.999. The maximum absolute atomic E-state index is 14.4. The Hall–Kier alpha value is -3.32. The van der Waals surface area contributed by atoms with Crippen molar-refractivity contribution in [1.82, 2.24) is 19.4 Å². The third-order valence-corrected chi connectivity index (χ3v) is 8.50. The average molecular weight is 487 g/mol. The van der Waals surface area contributed by atoms with E-state index in [0.29, 0.717) is 18.8 Å². The molecule has 3 aromatic heterocycles. The lowest BCUT2D eigenvalue weighted by Gasteiger charge is -2.45. The van der Waals surface area contributed by atoms with Crippen LogP contribution in [0, 0.1) is 0 Å². The fourth-order valence-corrected chi connectivity index (χ4v) is 6.44. The number of amides is 2. The van der Waals surface area contributed by atoms with Crippen molar-refractivity contribution in [2.75, 3.05) is 0 Å². The van der Waals surface area contributed by atoms with E-state index in [0.717, 1.165) is 47.2 Å². The summed E-state index contributed by atoms with van der Waals surface area (Å²) in [6, 6.07) is 16.3. The van der Waals surface area contributed by atoms with Crippen LogP contribution in [0.3, 0.4) is 0 Å². The van der Waals surface area contributed by atoms with Crippen molar-refractivity contribution in [3.8, 4) is 5.69 Å². The summed E-state index contributed by atoms with van der Waals surface area (Å²) in [4.78, 5) is 31.2. The molecule has 1 N–H and O–H groups in total. The number of aromatic nitrogens is 2. The Labute approximate surface area is 209 Å². The van der Waals surface area contributed by atoms with Crippen molar-refractivity contribution in [3.63, 3.8) is 0 Å². The van der Waals surface area contributed by atoms with Gasteiger partial charge in [-0.2, -0.15) is 0 Å². The second kappa shape index (κ2) is 8.72. The number of carbonyl (C=O) groups excluding carboxylic acids is 2. The van der Waals surface area contributed by atoms with E-state index in [9.17, 15) is 9.59 Å². The Morgan fingerprint density at radius 1 is 1.06 bits per heavy atom. The molecule has 180 valence electrons. The van der Waals surface area contributed by atoms with Crippen molar-refractivity contribution in [2.24, 2.45) is 0 Å². The summed E-state index contributed by atoms with van der Waals surface area (Å²) in [5.74, 6) is -0.161. The smallest absolute Gasteiger partial charge is 0.273 e. The SMILES string of the molecule is C[C@@]1(C(=O)NC2CCCCC2)Cn2c(c(-n3cccc3)c3ccccc32)C(=O)N1Cc1cccs1. The van der Waals surface area contributed by atoms with E-state index in [1.54, 1.807) is 16.2 Å². The highest BCUT2D eigenvalue weighted by Crippen LogP contribution is 2.39. The highest BCUT2D eigenvalue weighted by Gasteiger charge is 2.49. The van der Waals surface area contributed by atoms with Gasteiger partial charge in [0.1, 0.15) is 11.2 Å². The van der Waals surface area contributed by atoms with Crippen LogP contribution in [0.4, 0.5) is 0 Å². The van der Waals surface area contributed by atoms with Gasteiger partial charge in [0.15, 0.2) is 0 Å². The van der Waals surface area contributed by atoms with Gasteiger partial charge in [0.05, 0.1) is 24.3 Å². The molecule has 2 amide bonds. The minimum Gasteiger partial charge on any atom is -0.351 e. The summed E-state index contributed by atoms with van der Waals surface area (Å²) in [5, 5.41) is 6.36. The van der Waals surface area contributed by atoms with Crippen LogP contribution in [-0.4, -0.2) is 37.4 Å². The maximum atomic E-state index is 14.4. The lowest BCUT2D eigenvalue weighted by Crippen LogP contribution is -2.64. The predicted octanol–water partition coefficient (Wildman–Crippen LogP) is 5.36. The molecule has 1 aromatic carbocycles. The van der Waals surface area contributed by atoms with Crippen LogP contribution in [0.2, 0.25) is 0 Å². The van der Waals surface area contributed by atoms with Crippen molar-refractivity contribution in [2.45, 2.75) is 63.7 Å². The maximum Gasteiger partial charge on any atom is 0.273 e. The van der Waals surface area contributed by atoms with Gasteiger partial charge in [0.25, 0.3) is 5.91 Å². The Balaban J connectivity index is 1.49. The number of thiophene rings is 1. The third-order valence-electron chi connectivity index (χ3n) is 7.64. The van der Waals surface area contributed by atoms with Crippen LogP contribution in [0.25, 0.3) is 16.6 Å². The summed E-state index contributed by atoms with van der Waals surface area (Å²) in [6.45, 7) is 2.77. The van der Waals surface area contributed by atoms with E-state index < -0.39 is 5.54 Å². The van der Waals surface area contributed by atoms with Crippen molar-refractivity contribution >= 4 is 34.1 Å². The summed E-state index contributed by atoms with van der Waals surface area (Å²) in [7, 11) is 0. The summed E-state index contributed by atoms with van der Waals surface area (Å²) in [6.07, 6.45) is 9.49. The van der Waals surface area contributed by atoms with Crippen molar-refractivity contribution in [1.29, 1.82) is 0 Å². The summed E-state index contributed by atoms with van der Waals surface area (Å²) >= 11 is 1.62. The highest BCUT2D eigenvalue weighted by molar-refractivity contribution is 7.09. The molecule has 0 radical (unpaired) electrons. The molecule has 7 heteroatoms. The minimum absolute atomic E-state index is 0.0553. The molecule has 4 heterocycles. The van der Waals surface area contributed by atoms with Crippen molar-refractivity contribution in [3.05, 3.63) is 76.9 Å².